The van der Waals surface area contributed by atoms with Gasteiger partial charge in [-0.05, 0) is 32.0 Å². The number of aromatic nitrogens is 2. The van der Waals surface area contributed by atoms with Crippen LogP contribution in [0, 0.1) is 12.7 Å². The van der Waals surface area contributed by atoms with Crippen molar-refractivity contribution in [3.05, 3.63) is 47.5 Å². The smallest absolute Gasteiger partial charge is 0.254 e. The molecule has 0 aliphatic rings. The highest BCUT2D eigenvalue weighted by Gasteiger charge is 2.14. The molecule has 0 aliphatic heterocycles. The molecule has 1 aromatic heterocycles. The molecule has 0 unspecified atom stereocenters. The summed E-state index contributed by atoms with van der Waals surface area (Å²) in [6.45, 7) is 4.19. The molecule has 5 heteroatoms. The highest BCUT2D eigenvalue weighted by Crippen LogP contribution is 2.14. The second-order valence-corrected chi connectivity index (χ2v) is 3.89. The molecule has 0 atom stereocenters. The minimum Gasteiger partial charge on any atom is -0.352 e. The molecule has 1 heterocycles. The van der Waals surface area contributed by atoms with E-state index in [4.69, 9.17) is 0 Å². The Kier molecular flexibility index (Phi) is 3.41. The molecule has 0 aliphatic carbocycles. The van der Waals surface area contributed by atoms with Gasteiger partial charge in [0.25, 0.3) is 5.91 Å². The van der Waals surface area contributed by atoms with Crippen molar-refractivity contribution < 1.29 is 9.18 Å². The Morgan fingerprint density at radius 3 is 2.94 bits per heavy atom. The molecule has 0 radical (unpaired) electrons. The van der Waals surface area contributed by atoms with Gasteiger partial charge in [-0.15, -0.1) is 0 Å². The fourth-order valence-corrected chi connectivity index (χ4v) is 1.76. The summed E-state index contributed by atoms with van der Waals surface area (Å²) in [6, 6.07) is 6.09. The van der Waals surface area contributed by atoms with E-state index in [1.165, 1.54) is 18.3 Å². The minimum atomic E-state index is -0.332. The molecule has 18 heavy (non-hydrogen) atoms. The van der Waals surface area contributed by atoms with Crippen molar-refractivity contribution in [3.63, 3.8) is 0 Å². The number of amides is 1. The summed E-state index contributed by atoms with van der Waals surface area (Å²) in [6.07, 6.45) is 1.49. The Hall–Kier alpha value is -2.17. The summed E-state index contributed by atoms with van der Waals surface area (Å²) in [7, 11) is 0. The number of nitrogens with zero attached hydrogens (tertiary/aromatic N) is 2. The lowest BCUT2D eigenvalue weighted by molar-refractivity contribution is 0.0955. The fraction of sp³-hybridized carbons (Fsp3) is 0.231. The van der Waals surface area contributed by atoms with Crippen LogP contribution in [0.3, 0.4) is 0 Å². The maximum absolute atomic E-state index is 13.2. The Bertz CT molecular complexity index is 577. The van der Waals surface area contributed by atoms with E-state index in [1.54, 1.807) is 23.7 Å². The van der Waals surface area contributed by atoms with Gasteiger partial charge in [0.1, 0.15) is 5.82 Å². The number of rotatable bonds is 3. The van der Waals surface area contributed by atoms with Gasteiger partial charge in [0, 0.05) is 6.54 Å². The topological polar surface area (TPSA) is 46.9 Å². The third-order valence-corrected chi connectivity index (χ3v) is 2.64. The van der Waals surface area contributed by atoms with Gasteiger partial charge >= 0.3 is 0 Å². The van der Waals surface area contributed by atoms with Gasteiger partial charge in [0.05, 0.1) is 23.1 Å². The summed E-state index contributed by atoms with van der Waals surface area (Å²) in [5.41, 5.74) is 1.79. The quantitative estimate of drug-likeness (QED) is 0.902. The average molecular weight is 247 g/mol. The van der Waals surface area contributed by atoms with E-state index in [0.29, 0.717) is 23.5 Å². The minimum absolute atomic E-state index is 0.169. The molecule has 0 bridgehead atoms. The summed E-state index contributed by atoms with van der Waals surface area (Å²) in [5, 5.41) is 6.83. The Balaban J connectivity index is 2.39. The fourth-order valence-electron chi connectivity index (χ4n) is 1.76. The molecule has 1 N–H and O–H groups in total. The summed E-state index contributed by atoms with van der Waals surface area (Å²) in [4.78, 5) is 11.7. The van der Waals surface area contributed by atoms with Crippen LogP contribution < -0.4 is 5.32 Å². The normalized spacial score (nSPS) is 10.4. The lowest BCUT2D eigenvalue weighted by Gasteiger charge is -2.05. The van der Waals surface area contributed by atoms with E-state index in [0.717, 1.165) is 0 Å². The van der Waals surface area contributed by atoms with Crippen LogP contribution in [0.25, 0.3) is 5.69 Å². The standard InChI is InChI=1S/C13H14FN3O/c1-3-15-13(18)12-8-16-17(9(12)2)11-6-4-5-10(14)7-11/h4-8H,3H2,1-2H3,(H,15,18). The molecule has 0 saturated heterocycles. The first-order valence-electron chi connectivity index (χ1n) is 5.72. The largest absolute Gasteiger partial charge is 0.352 e. The van der Waals surface area contributed by atoms with Crippen LogP contribution in [0.1, 0.15) is 23.0 Å². The van der Waals surface area contributed by atoms with Crippen LogP contribution in [0.2, 0.25) is 0 Å². The lowest BCUT2D eigenvalue weighted by Crippen LogP contribution is -2.23. The van der Waals surface area contributed by atoms with E-state index < -0.39 is 0 Å². The third-order valence-electron chi connectivity index (χ3n) is 2.64. The molecule has 94 valence electrons. The Labute approximate surface area is 104 Å². The number of carbonyl (C=O) groups is 1. The van der Waals surface area contributed by atoms with E-state index in [2.05, 4.69) is 10.4 Å². The van der Waals surface area contributed by atoms with Crippen LogP contribution >= 0.6 is 0 Å². The molecule has 1 amide bonds. The van der Waals surface area contributed by atoms with E-state index in [1.807, 2.05) is 6.92 Å². The molecule has 0 saturated carbocycles. The maximum Gasteiger partial charge on any atom is 0.254 e. The van der Waals surface area contributed by atoms with Gasteiger partial charge < -0.3 is 5.32 Å². The van der Waals surface area contributed by atoms with E-state index in [9.17, 15) is 9.18 Å². The van der Waals surface area contributed by atoms with Crippen LogP contribution in [0.5, 0.6) is 0 Å². The van der Waals surface area contributed by atoms with E-state index >= 15 is 0 Å². The number of hydrogen-bond acceptors (Lipinski definition) is 2. The van der Waals surface area contributed by atoms with Crippen molar-refractivity contribution in [1.29, 1.82) is 0 Å². The van der Waals surface area contributed by atoms with Crippen molar-refractivity contribution in [2.75, 3.05) is 6.54 Å². The Morgan fingerprint density at radius 2 is 2.28 bits per heavy atom. The summed E-state index contributed by atoms with van der Waals surface area (Å²) >= 11 is 0. The molecule has 0 spiro atoms. The highest BCUT2D eigenvalue weighted by atomic mass is 19.1. The number of halogens is 1. The zero-order chi connectivity index (χ0) is 13.1. The van der Waals surface area contributed by atoms with Crippen molar-refractivity contribution in [3.8, 4) is 5.69 Å². The van der Waals surface area contributed by atoms with Crippen LogP contribution in [0.15, 0.2) is 30.5 Å². The highest BCUT2D eigenvalue weighted by molar-refractivity contribution is 5.95. The number of benzene rings is 1. The second-order valence-electron chi connectivity index (χ2n) is 3.89. The summed E-state index contributed by atoms with van der Waals surface area (Å²) < 4.78 is 14.7. The van der Waals surface area contributed by atoms with Gasteiger partial charge in [0.15, 0.2) is 0 Å². The maximum atomic E-state index is 13.2. The van der Waals surface area contributed by atoms with E-state index in [-0.39, 0.29) is 11.7 Å². The third kappa shape index (κ3) is 2.25. The van der Waals surface area contributed by atoms with Crippen LogP contribution in [-0.2, 0) is 0 Å². The predicted molar refractivity (Wildman–Crippen MR) is 66.3 cm³/mol. The zero-order valence-corrected chi connectivity index (χ0v) is 10.3. The molecule has 4 nitrogen and oxygen atoms in total. The predicted octanol–water partition coefficient (Wildman–Crippen LogP) is 2.07. The van der Waals surface area contributed by atoms with Gasteiger partial charge in [-0.3, -0.25) is 4.79 Å². The molecule has 2 aromatic rings. The van der Waals surface area contributed by atoms with Gasteiger partial charge in [-0.2, -0.15) is 5.10 Å². The first kappa shape index (κ1) is 12.3. The van der Waals surface area contributed by atoms with Crippen molar-refractivity contribution in [1.82, 2.24) is 15.1 Å². The van der Waals surface area contributed by atoms with Gasteiger partial charge in [0.2, 0.25) is 0 Å². The van der Waals surface area contributed by atoms with Crippen molar-refractivity contribution in [2.24, 2.45) is 0 Å². The first-order chi connectivity index (χ1) is 8.63. The molecule has 2 rings (SSSR count). The molecule has 0 fully saturated rings. The average Bonchev–Trinajstić information content (AvgIpc) is 2.71. The number of hydrogen-bond donors (Lipinski definition) is 1. The SMILES string of the molecule is CCNC(=O)c1cnn(-c2cccc(F)c2)c1C. The molecular weight excluding hydrogens is 233 g/mol. The lowest BCUT2D eigenvalue weighted by atomic mass is 10.2. The van der Waals surface area contributed by atoms with Crippen LogP contribution in [-0.4, -0.2) is 22.2 Å². The van der Waals surface area contributed by atoms with Gasteiger partial charge in [-0.25, -0.2) is 9.07 Å². The first-order valence-corrected chi connectivity index (χ1v) is 5.72. The van der Waals surface area contributed by atoms with Crippen molar-refractivity contribution >= 4 is 5.91 Å². The van der Waals surface area contributed by atoms with Crippen LogP contribution in [0.4, 0.5) is 4.39 Å². The summed E-state index contributed by atoms with van der Waals surface area (Å²) in [5.74, 6) is -0.500. The number of carbonyl (C=O) groups excluding carboxylic acids is 1. The monoisotopic (exact) mass is 247 g/mol. The molecule has 1 aromatic carbocycles. The number of nitrogens with one attached hydrogen (secondary N) is 1. The Morgan fingerprint density at radius 1 is 1.50 bits per heavy atom. The zero-order valence-electron chi connectivity index (χ0n) is 10.3. The second kappa shape index (κ2) is 5.00. The van der Waals surface area contributed by atoms with Crippen molar-refractivity contribution in [2.45, 2.75) is 13.8 Å². The van der Waals surface area contributed by atoms with Gasteiger partial charge in [-0.1, -0.05) is 6.07 Å². The molecular formula is C13H14FN3O.